The van der Waals surface area contributed by atoms with Gasteiger partial charge >= 0.3 is 6.18 Å². The minimum atomic E-state index is -4.60. The predicted molar refractivity (Wildman–Crippen MR) is 51.3 cm³/mol. The molecular weight excluding hydrogens is 273 g/mol. The first-order chi connectivity index (χ1) is 8.38. The first kappa shape index (κ1) is 12.6. The van der Waals surface area contributed by atoms with Gasteiger partial charge < -0.3 is 4.55 Å². The average molecular weight is 277 g/mol. The SMILES string of the molecule is O=S([O-])c1cnn(-c2cc(C(F)(F)F)ncn2)c1. The summed E-state index contributed by atoms with van der Waals surface area (Å²) in [5.41, 5.74) is -1.13. The van der Waals surface area contributed by atoms with Crippen LogP contribution >= 0.6 is 0 Å². The smallest absolute Gasteiger partial charge is 0.433 e. The van der Waals surface area contributed by atoms with Crippen molar-refractivity contribution in [3.05, 3.63) is 30.5 Å². The van der Waals surface area contributed by atoms with Crippen molar-refractivity contribution in [1.29, 1.82) is 0 Å². The van der Waals surface area contributed by atoms with Gasteiger partial charge in [-0.05, 0) is 11.1 Å². The molecule has 10 heteroatoms. The number of alkyl halides is 3. The van der Waals surface area contributed by atoms with E-state index in [-0.39, 0.29) is 10.7 Å². The molecule has 0 aromatic carbocycles. The van der Waals surface area contributed by atoms with E-state index in [0.717, 1.165) is 23.4 Å². The zero-order valence-electron chi connectivity index (χ0n) is 8.46. The fourth-order valence-electron chi connectivity index (χ4n) is 1.15. The van der Waals surface area contributed by atoms with Crippen LogP contribution in [0.15, 0.2) is 29.7 Å². The van der Waals surface area contributed by atoms with Crippen molar-refractivity contribution in [1.82, 2.24) is 19.7 Å². The van der Waals surface area contributed by atoms with E-state index in [1.165, 1.54) is 0 Å². The van der Waals surface area contributed by atoms with Crippen LogP contribution in [0.3, 0.4) is 0 Å². The molecule has 0 aliphatic rings. The number of nitrogens with zero attached hydrogens (tertiary/aromatic N) is 4. The van der Waals surface area contributed by atoms with Gasteiger partial charge in [-0.15, -0.1) is 0 Å². The minimum Gasteiger partial charge on any atom is -0.768 e. The van der Waals surface area contributed by atoms with Crippen molar-refractivity contribution in [2.45, 2.75) is 11.1 Å². The van der Waals surface area contributed by atoms with Gasteiger partial charge in [-0.25, -0.2) is 14.6 Å². The van der Waals surface area contributed by atoms with Gasteiger partial charge in [-0.1, -0.05) is 0 Å². The van der Waals surface area contributed by atoms with Crippen LogP contribution in [0.1, 0.15) is 5.69 Å². The van der Waals surface area contributed by atoms with Crippen molar-refractivity contribution in [3.8, 4) is 5.82 Å². The monoisotopic (exact) mass is 277 g/mol. The van der Waals surface area contributed by atoms with E-state index in [4.69, 9.17) is 0 Å². The molecular formula is C8H4F3N4O2S-. The lowest BCUT2D eigenvalue weighted by molar-refractivity contribution is -0.141. The Labute approximate surface area is 101 Å². The normalized spacial score (nSPS) is 13.6. The zero-order valence-corrected chi connectivity index (χ0v) is 9.27. The van der Waals surface area contributed by atoms with Crippen LogP contribution in [0.4, 0.5) is 13.2 Å². The maximum absolute atomic E-state index is 12.4. The van der Waals surface area contributed by atoms with Gasteiger partial charge in [0.2, 0.25) is 0 Å². The third kappa shape index (κ3) is 2.54. The summed E-state index contributed by atoms with van der Waals surface area (Å²) in [6.45, 7) is 0. The average Bonchev–Trinajstić information content (AvgIpc) is 2.77. The lowest BCUT2D eigenvalue weighted by Crippen LogP contribution is -2.10. The Balaban J connectivity index is 2.41. The maximum Gasteiger partial charge on any atom is 0.433 e. The third-order valence-corrected chi connectivity index (χ3v) is 2.52. The Morgan fingerprint density at radius 3 is 2.61 bits per heavy atom. The largest absolute Gasteiger partial charge is 0.768 e. The van der Waals surface area contributed by atoms with E-state index in [0.29, 0.717) is 6.07 Å². The predicted octanol–water partition coefficient (Wildman–Crippen LogP) is 0.919. The Morgan fingerprint density at radius 1 is 1.33 bits per heavy atom. The van der Waals surface area contributed by atoms with Crippen molar-refractivity contribution in [2.75, 3.05) is 0 Å². The van der Waals surface area contributed by atoms with Crippen LogP contribution in [-0.4, -0.2) is 28.5 Å². The van der Waals surface area contributed by atoms with Crippen LogP contribution in [0, 0.1) is 0 Å². The molecule has 6 nitrogen and oxygen atoms in total. The summed E-state index contributed by atoms with van der Waals surface area (Å²) < 4.78 is 59.3. The van der Waals surface area contributed by atoms with Gasteiger partial charge in [-0.2, -0.15) is 18.3 Å². The molecule has 2 heterocycles. The second kappa shape index (κ2) is 4.46. The molecule has 96 valence electrons. The molecule has 2 aromatic heterocycles. The minimum absolute atomic E-state index is 0.151. The highest BCUT2D eigenvalue weighted by Gasteiger charge is 2.33. The van der Waals surface area contributed by atoms with Gasteiger partial charge in [0.25, 0.3) is 0 Å². The quantitative estimate of drug-likeness (QED) is 0.762. The number of halogens is 3. The Kier molecular flexibility index (Phi) is 3.13. The van der Waals surface area contributed by atoms with E-state index in [2.05, 4.69) is 15.1 Å². The molecule has 0 N–H and O–H groups in total. The molecule has 0 saturated carbocycles. The van der Waals surface area contributed by atoms with Crippen molar-refractivity contribution < 1.29 is 21.9 Å². The Morgan fingerprint density at radius 2 is 2.06 bits per heavy atom. The standard InChI is InChI=1S/C8H5F3N4O2S/c9-8(10,11)6-1-7(13-4-12-6)15-3-5(2-14-15)18(16)17/h1-4H,(H,16,17)/p-1. The van der Waals surface area contributed by atoms with Gasteiger partial charge in [-0.3, -0.25) is 4.21 Å². The molecule has 0 spiro atoms. The van der Waals surface area contributed by atoms with Crippen LogP contribution in [0.2, 0.25) is 0 Å². The summed E-state index contributed by atoms with van der Waals surface area (Å²) in [6, 6.07) is 0.671. The Bertz CT molecular complexity index is 598. The van der Waals surface area contributed by atoms with E-state index in [1.807, 2.05) is 0 Å². The first-order valence-corrected chi connectivity index (χ1v) is 5.49. The topological polar surface area (TPSA) is 83.7 Å². The fourth-order valence-corrected chi connectivity index (χ4v) is 1.46. The summed E-state index contributed by atoms with van der Waals surface area (Å²) in [7, 11) is 0. The summed E-state index contributed by atoms with van der Waals surface area (Å²) in [6.07, 6.45) is -1.83. The van der Waals surface area contributed by atoms with Crippen molar-refractivity contribution >= 4 is 11.1 Å². The molecule has 18 heavy (non-hydrogen) atoms. The maximum atomic E-state index is 12.4. The molecule has 0 aliphatic carbocycles. The van der Waals surface area contributed by atoms with Gasteiger partial charge in [0.1, 0.15) is 12.0 Å². The van der Waals surface area contributed by atoms with Gasteiger partial charge in [0.05, 0.1) is 11.1 Å². The number of aromatic nitrogens is 4. The lowest BCUT2D eigenvalue weighted by Gasteiger charge is -2.06. The molecule has 0 saturated heterocycles. The van der Waals surface area contributed by atoms with Crippen LogP contribution in [0.25, 0.3) is 5.82 Å². The van der Waals surface area contributed by atoms with Crippen molar-refractivity contribution in [2.24, 2.45) is 0 Å². The van der Waals surface area contributed by atoms with Gasteiger partial charge in [0, 0.05) is 12.3 Å². The second-order valence-corrected chi connectivity index (χ2v) is 4.06. The Hall–Kier alpha value is -1.81. The highest BCUT2D eigenvalue weighted by atomic mass is 32.2. The van der Waals surface area contributed by atoms with Crippen LogP contribution < -0.4 is 0 Å². The number of hydrogen-bond acceptors (Lipinski definition) is 5. The molecule has 0 radical (unpaired) electrons. The van der Waals surface area contributed by atoms with E-state index >= 15 is 0 Å². The summed E-state index contributed by atoms with van der Waals surface area (Å²) in [5, 5.41) is 3.60. The highest BCUT2D eigenvalue weighted by Crippen LogP contribution is 2.27. The fraction of sp³-hybridized carbons (Fsp3) is 0.125. The first-order valence-electron chi connectivity index (χ1n) is 4.41. The molecule has 0 aliphatic heterocycles. The number of rotatable bonds is 2. The number of hydrogen-bond donors (Lipinski definition) is 0. The summed E-state index contributed by atoms with van der Waals surface area (Å²) in [5.74, 6) is -0.172. The molecule has 2 rings (SSSR count). The van der Waals surface area contributed by atoms with Crippen molar-refractivity contribution in [3.63, 3.8) is 0 Å². The van der Waals surface area contributed by atoms with Crippen LogP contribution in [0.5, 0.6) is 0 Å². The van der Waals surface area contributed by atoms with Crippen LogP contribution in [-0.2, 0) is 17.3 Å². The van der Waals surface area contributed by atoms with E-state index < -0.39 is 23.0 Å². The lowest BCUT2D eigenvalue weighted by atomic mass is 10.4. The molecule has 0 bridgehead atoms. The molecule has 2 aromatic rings. The third-order valence-electron chi connectivity index (χ3n) is 1.93. The second-order valence-electron chi connectivity index (χ2n) is 3.11. The summed E-state index contributed by atoms with van der Waals surface area (Å²) >= 11 is -2.50. The van der Waals surface area contributed by atoms with Gasteiger partial charge in [0.15, 0.2) is 5.82 Å². The molecule has 0 fully saturated rings. The molecule has 1 unspecified atom stereocenters. The molecule has 0 amide bonds. The summed E-state index contributed by atoms with van der Waals surface area (Å²) in [4.78, 5) is 6.51. The highest BCUT2D eigenvalue weighted by molar-refractivity contribution is 7.79. The molecule has 1 atom stereocenters. The zero-order chi connectivity index (χ0) is 13.3. The van der Waals surface area contributed by atoms with E-state index in [9.17, 15) is 21.9 Å². The van der Waals surface area contributed by atoms with E-state index in [1.54, 1.807) is 0 Å².